The molecule has 0 aliphatic carbocycles. The molecule has 0 radical (unpaired) electrons. The molecule has 32 heavy (non-hydrogen) atoms. The van der Waals surface area contributed by atoms with E-state index in [9.17, 15) is 10.1 Å². The highest BCUT2D eigenvalue weighted by atomic mass is 35.5. The van der Waals surface area contributed by atoms with Crippen LogP contribution in [-0.4, -0.2) is 13.0 Å². The Morgan fingerprint density at radius 1 is 1.06 bits per heavy atom. The Morgan fingerprint density at radius 2 is 1.88 bits per heavy atom. The van der Waals surface area contributed by atoms with Gasteiger partial charge in [0.1, 0.15) is 29.7 Å². The van der Waals surface area contributed by atoms with E-state index in [0.29, 0.717) is 37.8 Å². The second kappa shape index (κ2) is 10.9. The molecule has 0 bridgehead atoms. The Morgan fingerprint density at radius 3 is 2.56 bits per heavy atom. The normalized spacial score (nSPS) is 10.9. The number of hydrogen-bond acceptors (Lipinski definition) is 4. The molecule has 0 aliphatic rings. The molecule has 1 N–H and O–H groups in total. The van der Waals surface area contributed by atoms with Crippen molar-refractivity contribution in [3.05, 3.63) is 92.4 Å². The van der Waals surface area contributed by atoms with Crippen molar-refractivity contribution in [1.82, 2.24) is 0 Å². The first kappa shape index (κ1) is 23.5. The van der Waals surface area contributed by atoms with Gasteiger partial charge in [0, 0.05) is 22.3 Å². The minimum atomic E-state index is -0.595. The van der Waals surface area contributed by atoms with E-state index < -0.39 is 5.91 Å². The van der Waals surface area contributed by atoms with Crippen molar-refractivity contribution in [2.45, 2.75) is 6.61 Å². The lowest BCUT2D eigenvalue weighted by Gasteiger charge is -2.12. The summed E-state index contributed by atoms with van der Waals surface area (Å²) in [5, 5.41) is 13.4. The molecule has 5 nitrogen and oxygen atoms in total. The predicted octanol–water partition coefficient (Wildman–Crippen LogP) is 6.78. The summed E-state index contributed by atoms with van der Waals surface area (Å²) in [6, 6.07) is 18.9. The summed E-state index contributed by atoms with van der Waals surface area (Å²) in [7, 11) is 1.54. The second-order valence-corrected chi connectivity index (χ2v) is 7.83. The number of nitriles is 1. The number of nitrogens with zero attached hydrogens (tertiary/aromatic N) is 1. The minimum absolute atomic E-state index is 0.117. The van der Waals surface area contributed by atoms with E-state index >= 15 is 0 Å². The van der Waals surface area contributed by atoms with Crippen LogP contribution in [0.15, 0.2) is 66.2 Å². The monoisotopic (exact) mass is 486 g/mol. The van der Waals surface area contributed by atoms with Crippen LogP contribution in [0.1, 0.15) is 11.1 Å². The fourth-order valence-corrected chi connectivity index (χ4v) is 3.26. The molecule has 1 amide bonds. The van der Waals surface area contributed by atoms with E-state index in [-0.39, 0.29) is 12.2 Å². The lowest BCUT2D eigenvalue weighted by molar-refractivity contribution is -0.112. The molecule has 0 saturated heterocycles. The molecule has 0 heterocycles. The molecule has 0 aromatic heterocycles. The number of amides is 1. The molecule has 0 aliphatic heterocycles. The average molecular weight is 488 g/mol. The number of rotatable bonds is 7. The van der Waals surface area contributed by atoms with Gasteiger partial charge < -0.3 is 14.8 Å². The number of halogens is 3. The van der Waals surface area contributed by atoms with Crippen LogP contribution in [0.4, 0.5) is 5.69 Å². The third-order valence-corrected chi connectivity index (χ3v) is 5.32. The number of methoxy groups -OCH3 is 1. The number of benzene rings is 3. The topological polar surface area (TPSA) is 71.3 Å². The highest BCUT2D eigenvalue weighted by molar-refractivity contribution is 6.42. The maximum atomic E-state index is 12.6. The number of carbonyl (C=O) groups is 1. The van der Waals surface area contributed by atoms with E-state index in [1.165, 1.54) is 19.3 Å². The van der Waals surface area contributed by atoms with Crippen molar-refractivity contribution in [1.29, 1.82) is 5.26 Å². The highest BCUT2D eigenvalue weighted by Gasteiger charge is 2.13. The first-order valence-corrected chi connectivity index (χ1v) is 10.5. The average Bonchev–Trinajstić information content (AvgIpc) is 2.78. The molecule has 0 spiro atoms. The van der Waals surface area contributed by atoms with Gasteiger partial charge in [0.2, 0.25) is 0 Å². The summed E-state index contributed by atoms with van der Waals surface area (Å²) in [5.74, 6) is 0.420. The van der Waals surface area contributed by atoms with Gasteiger partial charge in [0.15, 0.2) is 0 Å². The molecular weight excluding hydrogens is 471 g/mol. The van der Waals surface area contributed by atoms with Gasteiger partial charge in [-0.15, -0.1) is 0 Å². The van der Waals surface area contributed by atoms with Crippen LogP contribution in [0, 0.1) is 11.3 Å². The van der Waals surface area contributed by atoms with Crippen molar-refractivity contribution in [3.63, 3.8) is 0 Å². The largest absolute Gasteiger partial charge is 0.497 e. The smallest absolute Gasteiger partial charge is 0.266 e. The predicted molar refractivity (Wildman–Crippen MR) is 127 cm³/mol. The van der Waals surface area contributed by atoms with Crippen molar-refractivity contribution in [3.8, 4) is 17.6 Å². The maximum Gasteiger partial charge on any atom is 0.266 e. The number of hydrogen-bond donors (Lipinski definition) is 1. The van der Waals surface area contributed by atoms with Crippen LogP contribution in [0.5, 0.6) is 11.5 Å². The summed E-state index contributed by atoms with van der Waals surface area (Å²) < 4.78 is 11.2. The number of anilines is 1. The lowest BCUT2D eigenvalue weighted by atomic mass is 10.1. The molecule has 3 aromatic rings. The zero-order valence-corrected chi connectivity index (χ0v) is 19.1. The van der Waals surface area contributed by atoms with Gasteiger partial charge in [-0.3, -0.25) is 4.79 Å². The van der Waals surface area contributed by atoms with Gasteiger partial charge in [-0.2, -0.15) is 5.26 Å². The number of ether oxygens (including phenoxy) is 2. The summed E-state index contributed by atoms with van der Waals surface area (Å²) in [5.41, 5.74) is 1.70. The molecule has 0 unspecified atom stereocenters. The van der Waals surface area contributed by atoms with Crippen molar-refractivity contribution >= 4 is 52.5 Å². The first-order valence-electron chi connectivity index (χ1n) is 9.33. The molecule has 0 fully saturated rings. The van der Waals surface area contributed by atoms with E-state index in [0.717, 1.165) is 5.56 Å². The summed E-state index contributed by atoms with van der Waals surface area (Å²) in [6.45, 7) is 0.242. The number of carbonyl (C=O) groups excluding carboxylic acids is 1. The fraction of sp³-hybridized carbons (Fsp3) is 0.0833. The summed E-state index contributed by atoms with van der Waals surface area (Å²) in [4.78, 5) is 12.6. The quantitative estimate of drug-likeness (QED) is 0.294. The Bertz CT molecular complexity index is 1220. The zero-order valence-electron chi connectivity index (χ0n) is 16.9. The van der Waals surface area contributed by atoms with E-state index in [1.54, 1.807) is 42.5 Å². The molecule has 3 aromatic carbocycles. The van der Waals surface area contributed by atoms with E-state index in [2.05, 4.69) is 5.32 Å². The van der Waals surface area contributed by atoms with Gasteiger partial charge in [-0.1, -0.05) is 46.9 Å². The Hall–Kier alpha value is -3.17. The molecule has 3 rings (SSSR count). The van der Waals surface area contributed by atoms with Crippen LogP contribution in [0.2, 0.25) is 15.1 Å². The SMILES string of the molecule is COc1ccc(/C=C(\C#N)C(=O)Nc2ccc(Cl)c(Cl)c2)c(OCc2cccc(Cl)c2)c1. The molecule has 8 heteroatoms. The van der Waals surface area contributed by atoms with Crippen LogP contribution >= 0.6 is 34.8 Å². The molecule has 0 atom stereocenters. The van der Waals surface area contributed by atoms with Gasteiger partial charge in [0.05, 0.1) is 17.2 Å². The third-order valence-electron chi connectivity index (χ3n) is 4.35. The van der Waals surface area contributed by atoms with E-state index in [1.807, 2.05) is 18.2 Å². The van der Waals surface area contributed by atoms with Crippen LogP contribution in [0.25, 0.3) is 6.08 Å². The number of nitrogens with one attached hydrogen (secondary N) is 1. The first-order chi connectivity index (χ1) is 15.4. The minimum Gasteiger partial charge on any atom is -0.497 e. The molecule has 0 saturated carbocycles. The Kier molecular flexibility index (Phi) is 8.02. The Balaban J connectivity index is 1.86. The molecular formula is C24H17Cl3N2O3. The van der Waals surface area contributed by atoms with Gasteiger partial charge in [-0.25, -0.2) is 0 Å². The van der Waals surface area contributed by atoms with Gasteiger partial charge in [-0.05, 0) is 54.1 Å². The molecule has 162 valence electrons. The summed E-state index contributed by atoms with van der Waals surface area (Å²) >= 11 is 17.9. The zero-order chi connectivity index (χ0) is 23.1. The van der Waals surface area contributed by atoms with Crippen LogP contribution in [-0.2, 0) is 11.4 Å². The van der Waals surface area contributed by atoms with Crippen molar-refractivity contribution in [2.75, 3.05) is 12.4 Å². The second-order valence-electron chi connectivity index (χ2n) is 6.58. The van der Waals surface area contributed by atoms with Crippen LogP contribution < -0.4 is 14.8 Å². The Labute approximate surface area is 200 Å². The van der Waals surface area contributed by atoms with Gasteiger partial charge in [0.25, 0.3) is 5.91 Å². The highest BCUT2D eigenvalue weighted by Crippen LogP contribution is 2.29. The van der Waals surface area contributed by atoms with Crippen molar-refractivity contribution < 1.29 is 14.3 Å². The maximum absolute atomic E-state index is 12.6. The summed E-state index contributed by atoms with van der Waals surface area (Å²) in [6.07, 6.45) is 1.44. The van der Waals surface area contributed by atoms with Crippen LogP contribution in [0.3, 0.4) is 0 Å². The van der Waals surface area contributed by atoms with Crippen molar-refractivity contribution in [2.24, 2.45) is 0 Å². The van der Waals surface area contributed by atoms with Gasteiger partial charge >= 0.3 is 0 Å². The van der Waals surface area contributed by atoms with E-state index in [4.69, 9.17) is 44.3 Å². The fourth-order valence-electron chi connectivity index (χ4n) is 2.75. The lowest BCUT2D eigenvalue weighted by Crippen LogP contribution is -2.13. The third kappa shape index (κ3) is 6.18. The standard InChI is InChI=1S/C24H17Cl3N2O3/c1-31-20-7-5-16(23(12-20)32-14-15-3-2-4-18(25)9-15)10-17(13-28)24(30)29-19-6-8-21(26)22(27)11-19/h2-12H,14H2,1H3,(H,29,30)/b17-10+.